The molecule has 0 aromatic heterocycles. The van der Waals surface area contributed by atoms with Crippen molar-refractivity contribution in [3.63, 3.8) is 0 Å². The highest BCUT2D eigenvalue weighted by Gasteiger charge is 2.53. The van der Waals surface area contributed by atoms with Gasteiger partial charge in [0, 0.05) is 12.0 Å². The Morgan fingerprint density at radius 1 is 1.11 bits per heavy atom. The maximum atomic E-state index is 12.4. The predicted molar refractivity (Wildman–Crippen MR) is 102 cm³/mol. The van der Waals surface area contributed by atoms with E-state index in [9.17, 15) is 14.7 Å². The largest absolute Gasteiger partial charge is 0.465 e. The number of hydrogen-bond donors (Lipinski definition) is 1. The molecule has 4 aliphatic rings. The number of carbonyl (C=O) groups excluding carboxylic acids is 1. The van der Waals surface area contributed by atoms with Crippen molar-refractivity contribution in [1.82, 2.24) is 4.90 Å². The zero-order valence-corrected chi connectivity index (χ0v) is 16.5. The Balaban J connectivity index is 1.59. The summed E-state index contributed by atoms with van der Waals surface area (Å²) in [6.45, 7) is 4.05. The molecule has 8 atom stereocenters. The van der Waals surface area contributed by atoms with E-state index in [4.69, 9.17) is 4.74 Å². The van der Waals surface area contributed by atoms with Gasteiger partial charge < -0.3 is 9.84 Å². The van der Waals surface area contributed by atoms with Crippen LogP contribution in [-0.4, -0.2) is 40.3 Å². The molecule has 0 spiro atoms. The standard InChI is InChI=1S/C22H33NO4/c1-13-6-5-8-16(23(13)22(25)26)10-11-18-17-9-4-3-7-15(17)12-19-20(18)14(2)27-21(19)24/h10-11,13-20H,3-9,12H2,1-2H3,(H,25,26)/b11-10+/t13-,14+,15+,16+,17-,18+,19-,20+/m0/s1. The lowest BCUT2D eigenvalue weighted by Crippen LogP contribution is -2.47. The molecule has 2 heterocycles. The second kappa shape index (κ2) is 7.48. The Bertz CT molecular complexity index is 617. The number of allylic oxidation sites excluding steroid dienone is 1. The highest BCUT2D eigenvalue weighted by Crippen LogP contribution is 2.53. The van der Waals surface area contributed by atoms with E-state index in [2.05, 4.69) is 12.2 Å². The van der Waals surface area contributed by atoms with Gasteiger partial charge in [0.25, 0.3) is 0 Å². The van der Waals surface area contributed by atoms with E-state index in [0.29, 0.717) is 17.8 Å². The summed E-state index contributed by atoms with van der Waals surface area (Å²) in [5, 5.41) is 9.66. The number of carbonyl (C=O) groups is 2. The molecule has 5 heteroatoms. The average molecular weight is 376 g/mol. The first-order valence-corrected chi connectivity index (χ1v) is 10.9. The van der Waals surface area contributed by atoms with Crippen LogP contribution in [0.5, 0.6) is 0 Å². The maximum Gasteiger partial charge on any atom is 0.408 e. The van der Waals surface area contributed by atoms with Crippen LogP contribution in [0.15, 0.2) is 12.2 Å². The number of nitrogens with zero attached hydrogens (tertiary/aromatic N) is 1. The van der Waals surface area contributed by atoms with Gasteiger partial charge >= 0.3 is 12.1 Å². The lowest BCUT2D eigenvalue weighted by atomic mass is 9.57. The number of hydrogen-bond acceptors (Lipinski definition) is 3. The van der Waals surface area contributed by atoms with Crippen LogP contribution in [0.3, 0.4) is 0 Å². The fraction of sp³-hybridized carbons (Fsp3) is 0.818. The van der Waals surface area contributed by atoms with E-state index in [-0.39, 0.29) is 36.0 Å². The second-order valence-electron chi connectivity index (χ2n) is 9.27. The molecule has 5 nitrogen and oxygen atoms in total. The van der Waals surface area contributed by atoms with Crippen molar-refractivity contribution >= 4 is 12.1 Å². The molecular weight excluding hydrogens is 342 g/mol. The number of rotatable bonds is 2. The van der Waals surface area contributed by atoms with Gasteiger partial charge in [0.15, 0.2) is 0 Å². The van der Waals surface area contributed by atoms with Gasteiger partial charge in [-0.25, -0.2) is 4.79 Å². The van der Waals surface area contributed by atoms with Crippen molar-refractivity contribution in [2.24, 2.45) is 29.6 Å². The topological polar surface area (TPSA) is 66.8 Å². The molecule has 0 aromatic carbocycles. The van der Waals surface area contributed by atoms with Crippen molar-refractivity contribution in [1.29, 1.82) is 0 Å². The smallest absolute Gasteiger partial charge is 0.408 e. The minimum Gasteiger partial charge on any atom is -0.465 e. The van der Waals surface area contributed by atoms with Crippen LogP contribution in [0.25, 0.3) is 0 Å². The number of esters is 1. The van der Waals surface area contributed by atoms with E-state index in [0.717, 1.165) is 25.7 Å². The van der Waals surface area contributed by atoms with Crippen molar-refractivity contribution in [2.75, 3.05) is 0 Å². The van der Waals surface area contributed by atoms with Crippen LogP contribution in [0.1, 0.15) is 65.2 Å². The molecule has 4 rings (SSSR count). The number of amides is 1. The maximum absolute atomic E-state index is 12.4. The third-order valence-corrected chi connectivity index (χ3v) is 7.81. The fourth-order valence-electron chi connectivity index (χ4n) is 6.59. The van der Waals surface area contributed by atoms with E-state index < -0.39 is 6.09 Å². The third kappa shape index (κ3) is 3.38. The van der Waals surface area contributed by atoms with E-state index in [1.165, 1.54) is 25.7 Å². The molecule has 4 fully saturated rings. The summed E-state index contributed by atoms with van der Waals surface area (Å²) in [6, 6.07) is 0.0322. The minimum absolute atomic E-state index is 0.00613. The SMILES string of the molecule is C[C@H]1OC(=O)[C@H]2C[C@H]3CCCC[C@@H]3[C@@H](/C=C/[C@H]3CCC[C@H](C)N3C(=O)O)[C@H]21. The molecule has 150 valence electrons. The molecule has 0 radical (unpaired) electrons. The lowest BCUT2D eigenvalue weighted by Gasteiger charge is -2.46. The first-order chi connectivity index (χ1) is 13.0. The van der Waals surface area contributed by atoms with Gasteiger partial charge in [0.2, 0.25) is 0 Å². The summed E-state index contributed by atoms with van der Waals surface area (Å²) >= 11 is 0. The predicted octanol–water partition coefficient (Wildman–Crippen LogP) is 4.47. The molecule has 2 saturated heterocycles. The van der Waals surface area contributed by atoms with Crippen LogP contribution in [0.4, 0.5) is 4.79 Å². The quantitative estimate of drug-likeness (QED) is 0.571. The zero-order chi connectivity index (χ0) is 19.1. The number of ether oxygens (including phenoxy) is 1. The summed E-state index contributed by atoms with van der Waals surface area (Å²) in [6.07, 6.45) is 12.5. The summed E-state index contributed by atoms with van der Waals surface area (Å²) in [5.41, 5.74) is 0. The Morgan fingerprint density at radius 2 is 1.89 bits per heavy atom. The Kier molecular flexibility index (Phi) is 5.21. The summed E-state index contributed by atoms with van der Waals surface area (Å²) in [5.74, 6) is 1.86. The van der Waals surface area contributed by atoms with Crippen LogP contribution in [0.2, 0.25) is 0 Å². The van der Waals surface area contributed by atoms with Crippen LogP contribution in [-0.2, 0) is 9.53 Å². The van der Waals surface area contributed by atoms with Crippen LogP contribution >= 0.6 is 0 Å². The van der Waals surface area contributed by atoms with Gasteiger partial charge in [-0.2, -0.15) is 0 Å². The van der Waals surface area contributed by atoms with Gasteiger partial charge in [0.05, 0.1) is 12.0 Å². The summed E-state index contributed by atoms with van der Waals surface area (Å²) in [4.78, 5) is 25.8. The Hall–Kier alpha value is -1.52. The van der Waals surface area contributed by atoms with Gasteiger partial charge in [-0.15, -0.1) is 0 Å². The zero-order valence-electron chi connectivity index (χ0n) is 16.5. The normalized spacial score (nSPS) is 44.7. The van der Waals surface area contributed by atoms with E-state index >= 15 is 0 Å². The van der Waals surface area contributed by atoms with Gasteiger partial charge in [-0.05, 0) is 63.7 Å². The van der Waals surface area contributed by atoms with Crippen molar-refractivity contribution in [3.05, 3.63) is 12.2 Å². The lowest BCUT2D eigenvalue weighted by molar-refractivity contribution is -0.144. The number of carboxylic acid groups (broad SMARTS) is 1. The molecule has 2 aliphatic heterocycles. The number of cyclic esters (lactones) is 1. The Labute approximate surface area is 162 Å². The summed E-state index contributed by atoms with van der Waals surface area (Å²) < 4.78 is 5.64. The minimum atomic E-state index is -0.818. The van der Waals surface area contributed by atoms with E-state index in [1.54, 1.807) is 4.90 Å². The molecule has 1 amide bonds. The Morgan fingerprint density at radius 3 is 2.67 bits per heavy atom. The fourth-order valence-corrected chi connectivity index (χ4v) is 6.59. The van der Waals surface area contributed by atoms with Crippen molar-refractivity contribution < 1.29 is 19.4 Å². The first kappa shape index (κ1) is 18.8. The molecule has 2 aliphatic carbocycles. The molecule has 27 heavy (non-hydrogen) atoms. The molecule has 0 unspecified atom stereocenters. The van der Waals surface area contributed by atoms with Crippen LogP contribution in [0, 0.1) is 29.6 Å². The molecule has 0 aromatic rings. The average Bonchev–Trinajstić information content (AvgIpc) is 2.92. The van der Waals surface area contributed by atoms with E-state index in [1.807, 2.05) is 13.8 Å². The van der Waals surface area contributed by atoms with Gasteiger partial charge in [0.1, 0.15) is 6.10 Å². The van der Waals surface area contributed by atoms with Gasteiger partial charge in [-0.1, -0.05) is 31.4 Å². The second-order valence-corrected chi connectivity index (χ2v) is 9.27. The van der Waals surface area contributed by atoms with Crippen molar-refractivity contribution in [2.45, 2.75) is 83.4 Å². The van der Waals surface area contributed by atoms with Crippen molar-refractivity contribution in [3.8, 4) is 0 Å². The number of likely N-dealkylation sites (tertiary alicyclic amines) is 1. The third-order valence-electron chi connectivity index (χ3n) is 7.81. The summed E-state index contributed by atoms with van der Waals surface area (Å²) in [7, 11) is 0. The molecular formula is C22H33NO4. The monoisotopic (exact) mass is 375 g/mol. The van der Waals surface area contributed by atoms with Gasteiger partial charge in [-0.3, -0.25) is 9.69 Å². The number of piperidine rings is 1. The molecule has 2 saturated carbocycles. The highest BCUT2D eigenvalue weighted by molar-refractivity contribution is 5.75. The molecule has 0 bridgehead atoms. The van der Waals surface area contributed by atoms with Crippen LogP contribution < -0.4 is 0 Å². The highest BCUT2D eigenvalue weighted by atomic mass is 16.6. The first-order valence-electron chi connectivity index (χ1n) is 10.9. The number of fused-ring (bicyclic) bond motifs is 2. The molecule has 1 N–H and O–H groups in total.